The van der Waals surface area contributed by atoms with E-state index in [1.54, 1.807) is 0 Å². The topological polar surface area (TPSA) is 23.5 Å². The van der Waals surface area contributed by atoms with Crippen molar-refractivity contribution in [2.45, 2.75) is 44.2 Å². The van der Waals surface area contributed by atoms with Gasteiger partial charge in [-0.05, 0) is 37.0 Å². The molecule has 0 radical (unpaired) electrons. The predicted octanol–water partition coefficient (Wildman–Crippen LogP) is 4.12. The average Bonchev–Trinajstić information content (AvgIpc) is 2.43. The van der Waals surface area contributed by atoms with Gasteiger partial charge in [0.1, 0.15) is 0 Å². The fourth-order valence-corrected chi connectivity index (χ4v) is 4.00. The van der Waals surface area contributed by atoms with Crippen LogP contribution < -0.4 is 0 Å². The smallest absolute Gasteiger partial charge is 0.0700 e. The van der Waals surface area contributed by atoms with Crippen molar-refractivity contribution in [2.75, 3.05) is 13.1 Å². The third-order valence-electron chi connectivity index (χ3n) is 4.90. The summed E-state index contributed by atoms with van der Waals surface area (Å²) in [7, 11) is 0. The van der Waals surface area contributed by atoms with E-state index in [4.69, 9.17) is 23.2 Å². The van der Waals surface area contributed by atoms with Gasteiger partial charge in [-0.1, -0.05) is 42.1 Å². The van der Waals surface area contributed by atoms with Crippen molar-refractivity contribution < 1.29 is 5.11 Å². The lowest BCUT2D eigenvalue weighted by Gasteiger charge is -2.47. The molecule has 1 aliphatic heterocycles. The molecule has 1 aromatic rings. The van der Waals surface area contributed by atoms with Crippen LogP contribution in [-0.4, -0.2) is 28.7 Å². The number of fused-ring (bicyclic) bond motifs is 1. The van der Waals surface area contributed by atoms with Gasteiger partial charge in [0.15, 0.2) is 0 Å². The fourth-order valence-electron chi connectivity index (χ4n) is 3.68. The minimum atomic E-state index is -0.396. The van der Waals surface area contributed by atoms with Crippen LogP contribution in [0, 0.1) is 5.92 Å². The molecule has 0 bridgehead atoms. The van der Waals surface area contributed by atoms with Crippen LogP contribution in [0.3, 0.4) is 0 Å². The van der Waals surface area contributed by atoms with Crippen LogP contribution >= 0.6 is 23.2 Å². The number of hydrogen-bond donors (Lipinski definition) is 1. The maximum absolute atomic E-state index is 10.7. The van der Waals surface area contributed by atoms with Gasteiger partial charge in [-0.25, -0.2) is 0 Å². The lowest BCUT2D eigenvalue weighted by Crippen LogP contribution is -2.52. The molecule has 3 rings (SSSR count). The van der Waals surface area contributed by atoms with E-state index >= 15 is 0 Å². The molecule has 2 unspecified atom stereocenters. The SMILES string of the molecule is OC12CCCCC1CN(Cc1ccc(Cl)c(Cl)c1)CC2. The molecule has 0 spiro atoms. The number of piperidine rings is 1. The van der Waals surface area contributed by atoms with Crippen LogP contribution in [0.15, 0.2) is 18.2 Å². The number of hydrogen-bond acceptors (Lipinski definition) is 2. The first-order valence-electron chi connectivity index (χ1n) is 7.45. The zero-order valence-electron chi connectivity index (χ0n) is 11.6. The highest BCUT2D eigenvalue weighted by Crippen LogP contribution is 2.40. The van der Waals surface area contributed by atoms with Crippen LogP contribution in [0.5, 0.6) is 0 Å². The Bertz CT molecular complexity index is 493. The van der Waals surface area contributed by atoms with Gasteiger partial charge in [-0.15, -0.1) is 0 Å². The summed E-state index contributed by atoms with van der Waals surface area (Å²) in [5, 5.41) is 11.9. The molecule has 2 aliphatic rings. The summed E-state index contributed by atoms with van der Waals surface area (Å²) < 4.78 is 0. The molecular formula is C16H21Cl2NO. The van der Waals surface area contributed by atoms with E-state index in [9.17, 15) is 5.11 Å². The van der Waals surface area contributed by atoms with Crippen LogP contribution in [0.25, 0.3) is 0 Å². The summed E-state index contributed by atoms with van der Waals surface area (Å²) in [5.41, 5.74) is 0.799. The van der Waals surface area contributed by atoms with E-state index in [0.717, 1.165) is 38.9 Å². The summed E-state index contributed by atoms with van der Waals surface area (Å²) >= 11 is 12.0. The van der Waals surface area contributed by atoms with Gasteiger partial charge >= 0.3 is 0 Å². The monoisotopic (exact) mass is 313 g/mol. The number of likely N-dealkylation sites (tertiary alicyclic amines) is 1. The maximum Gasteiger partial charge on any atom is 0.0700 e. The maximum atomic E-state index is 10.7. The van der Waals surface area contributed by atoms with Crippen molar-refractivity contribution >= 4 is 23.2 Å². The van der Waals surface area contributed by atoms with Crippen molar-refractivity contribution in [2.24, 2.45) is 5.92 Å². The summed E-state index contributed by atoms with van der Waals surface area (Å²) in [5.74, 6) is 0.438. The van der Waals surface area contributed by atoms with Crippen molar-refractivity contribution in [3.05, 3.63) is 33.8 Å². The Morgan fingerprint density at radius 3 is 2.85 bits per heavy atom. The zero-order valence-corrected chi connectivity index (χ0v) is 13.1. The van der Waals surface area contributed by atoms with Crippen LogP contribution in [0.4, 0.5) is 0 Å². The molecule has 1 saturated heterocycles. The molecule has 2 fully saturated rings. The quantitative estimate of drug-likeness (QED) is 0.887. The fraction of sp³-hybridized carbons (Fsp3) is 0.625. The third-order valence-corrected chi connectivity index (χ3v) is 5.64. The number of aliphatic hydroxyl groups is 1. The molecule has 0 aromatic heterocycles. The number of benzene rings is 1. The Labute approximate surface area is 130 Å². The highest BCUT2D eigenvalue weighted by atomic mass is 35.5. The summed E-state index contributed by atoms with van der Waals surface area (Å²) in [6.07, 6.45) is 5.49. The number of halogens is 2. The number of rotatable bonds is 2. The largest absolute Gasteiger partial charge is 0.390 e. The van der Waals surface area contributed by atoms with Gasteiger partial charge in [-0.2, -0.15) is 0 Å². The molecule has 1 N–H and O–H groups in total. The minimum Gasteiger partial charge on any atom is -0.390 e. The second-order valence-corrected chi connectivity index (χ2v) is 7.09. The Balaban J connectivity index is 1.66. The van der Waals surface area contributed by atoms with E-state index in [0.29, 0.717) is 16.0 Å². The van der Waals surface area contributed by atoms with Gasteiger partial charge in [-0.3, -0.25) is 4.90 Å². The second-order valence-electron chi connectivity index (χ2n) is 6.28. The van der Waals surface area contributed by atoms with E-state index in [1.165, 1.54) is 18.4 Å². The van der Waals surface area contributed by atoms with Crippen molar-refractivity contribution in [1.29, 1.82) is 0 Å². The highest BCUT2D eigenvalue weighted by Gasteiger charge is 2.42. The summed E-state index contributed by atoms with van der Waals surface area (Å²) in [6, 6.07) is 5.85. The first-order valence-corrected chi connectivity index (χ1v) is 8.21. The lowest BCUT2D eigenvalue weighted by atomic mass is 9.71. The first-order chi connectivity index (χ1) is 9.57. The van der Waals surface area contributed by atoms with Crippen molar-refractivity contribution in [3.8, 4) is 0 Å². The molecule has 20 heavy (non-hydrogen) atoms. The predicted molar refractivity (Wildman–Crippen MR) is 83.3 cm³/mol. The molecule has 2 nitrogen and oxygen atoms in total. The van der Waals surface area contributed by atoms with Crippen LogP contribution in [-0.2, 0) is 6.54 Å². The van der Waals surface area contributed by atoms with E-state index in [2.05, 4.69) is 4.90 Å². The van der Waals surface area contributed by atoms with E-state index in [1.807, 2.05) is 18.2 Å². The molecular weight excluding hydrogens is 293 g/mol. The van der Waals surface area contributed by atoms with Gasteiger partial charge in [0, 0.05) is 25.6 Å². The molecule has 1 aromatic carbocycles. The van der Waals surface area contributed by atoms with Crippen molar-refractivity contribution in [3.63, 3.8) is 0 Å². The number of nitrogens with zero attached hydrogens (tertiary/aromatic N) is 1. The molecule has 1 saturated carbocycles. The summed E-state index contributed by atoms with van der Waals surface area (Å²) in [4.78, 5) is 2.43. The molecule has 2 atom stereocenters. The third kappa shape index (κ3) is 2.99. The van der Waals surface area contributed by atoms with E-state index < -0.39 is 5.60 Å². The van der Waals surface area contributed by atoms with E-state index in [-0.39, 0.29) is 0 Å². The van der Waals surface area contributed by atoms with Crippen LogP contribution in [0.2, 0.25) is 10.0 Å². The Hall–Kier alpha value is -0.280. The second kappa shape index (κ2) is 5.84. The summed E-state index contributed by atoms with van der Waals surface area (Å²) in [6.45, 7) is 2.85. The van der Waals surface area contributed by atoms with Gasteiger partial charge in [0.25, 0.3) is 0 Å². The molecule has 1 aliphatic carbocycles. The first kappa shape index (κ1) is 14.6. The molecule has 110 valence electrons. The van der Waals surface area contributed by atoms with Gasteiger partial charge in [0.05, 0.1) is 15.6 Å². The molecule has 1 heterocycles. The normalized spacial score (nSPS) is 31.1. The van der Waals surface area contributed by atoms with Crippen molar-refractivity contribution in [1.82, 2.24) is 4.90 Å². The van der Waals surface area contributed by atoms with Crippen LogP contribution in [0.1, 0.15) is 37.7 Å². The standard InChI is InChI=1S/C16H21Cl2NO/c17-14-5-4-12(9-15(14)18)10-19-8-7-16(20)6-2-1-3-13(16)11-19/h4-5,9,13,20H,1-3,6-8,10-11H2. The van der Waals surface area contributed by atoms with Gasteiger partial charge < -0.3 is 5.11 Å². The minimum absolute atomic E-state index is 0.396. The Morgan fingerprint density at radius 2 is 2.05 bits per heavy atom. The molecule has 0 amide bonds. The average molecular weight is 314 g/mol. The van der Waals surface area contributed by atoms with Gasteiger partial charge in [0.2, 0.25) is 0 Å². The lowest BCUT2D eigenvalue weighted by molar-refractivity contribution is -0.0967. The molecule has 4 heteroatoms. The Kier molecular flexibility index (Phi) is 4.28. The highest BCUT2D eigenvalue weighted by molar-refractivity contribution is 6.42. The zero-order chi connectivity index (χ0) is 14.2. The Morgan fingerprint density at radius 1 is 1.20 bits per heavy atom.